The fourth-order valence-corrected chi connectivity index (χ4v) is 26.1. The van der Waals surface area contributed by atoms with E-state index in [1.807, 2.05) is 0 Å². The molecule has 0 aromatic heterocycles. The molecular weight excluding hydrogens is 692 g/mol. The van der Waals surface area contributed by atoms with E-state index in [0.29, 0.717) is 88.5 Å². The zero-order chi connectivity index (χ0) is 35.9. The summed E-state index contributed by atoms with van der Waals surface area (Å²) in [6, 6.07) is 1.53. The quantitative estimate of drug-likeness (QED) is 0.229. The SMILES string of the molecule is CC(C)(C)C1CCC2C(C1)OC1CC3OC4CC(C(C)(C)C)CCC4N4C5C6CCCCC6CC6OC7CC8CCCCC8C8C7P(=S)(C65)C(C1N28)C34. The Labute approximate surface area is 327 Å². The lowest BCUT2D eigenvalue weighted by Crippen LogP contribution is -2.88. The summed E-state index contributed by atoms with van der Waals surface area (Å²) >= 11 is 7.92. The molecule has 5 nitrogen and oxygen atoms in total. The van der Waals surface area contributed by atoms with E-state index in [1.54, 1.807) is 0 Å². The lowest BCUT2D eigenvalue weighted by atomic mass is 9.61. The van der Waals surface area contributed by atoms with Crippen molar-refractivity contribution in [2.75, 3.05) is 0 Å². The van der Waals surface area contributed by atoms with Crippen LogP contribution in [0, 0.1) is 46.3 Å². The molecule has 0 radical (unpaired) electrons. The summed E-state index contributed by atoms with van der Waals surface area (Å²) in [7, 11) is 0. The van der Waals surface area contributed by atoms with Crippen LogP contribution in [0.1, 0.15) is 151 Å². The van der Waals surface area contributed by atoms with Crippen molar-refractivity contribution in [3.05, 3.63) is 0 Å². The maximum absolute atomic E-state index is 7.92. The van der Waals surface area contributed by atoms with Crippen molar-refractivity contribution >= 4 is 17.8 Å². The van der Waals surface area contributed by atoms with Crippen molar-refractivity contribution in [2.24, 2.45) is 46.3 Å². The van der Waals surface area contributed by atoms with Crippen molar-refractivity contribution in [2.45, 2.75) is 241 Å². The van der Waals surface area contributed by atoms with E-state index in [1.165, 1.54) is 103 Å². The largest absolute Gasteiger partial charge is 0.373 e. The third-order valence-corrected chi connectivity index (χ3v) is 26.7. The molecule has 12 fully saturated rings. The summed E-state index contributed by atoms with van der Waals surface area (Å²) < 4.78 is 23.4. The molecular formula is C46H73N2O3PS. The number of morpholine rings is 2. The van der Waals surface area contributed by atoms with Gasteiger partial charge < -0.3 is 14.2 Å². The third-order valence-electron chi connectivity index (χ3n) is 19.8. The van der Waals surface area contributed by atoms with Crippen LogP contribution in [0.5, 0.6) is 0 Å². The first-order valence-corrected chi connectivity index (χ1v) is 26.5. The molecule has 53 heavy (non-hydrogen) atoms. The average Bonchev–Trinajstić information content (AvgIpc) is 3.12. The Bertz CT molecular complexity index is 1420. The van der Waals surface area contributed by atoms with Gasteiger partial charge in [0.2, 0.25) is 0 Å². The second kappa shape index (κ2) is 12.0. The van der Waals surface area contributed by atoms with Crippen LogP contribution in [0.25, 0.3) is 0 Å². The summed E-state index contributed by atoms with van der Waals surface area (Å²) in [5.74, 6) is 4.81. The highest BCUT2D eigenvalue weighted by molar-refractivity contribution is 8.15. The minimum atomic E-state index is -1.91. The Hall–Kier alpha value is 0.450. The van der Waals surface area contributed by atoms with Gasteiger partial charge in [-0.2, -0.15) is 0 Å². The van der Waals surface area contributed by atoms with E-state index in [4.69, 9.17) is 26.0 Å². The zero-order valence-electron chi connectivity index (χ0n) is 34.1. The molecule has 296 valence electrons. The molecule has 5 saturated heterocycles. The van der Waals surface area contributed by atoms with Gasteiger partial charge in [0.15, 0.2) is 0 Å². The molecule has 5 aliphatic heterocycles. The Morgan fingerprint density at radius 2 is 0.887 bits per heavy atom. The van der Waals surface area contributed by atoms with Gasteiger partial charge in [0.25, 0.3) is 0 Å². The maximum atomic E-state index is 7.92. The van der Waals surface area contributed by atoms with Gasteiger partial charge in [-0.1, -0.05) is 91.9 Å². The molecule has 20 atom stereocenters. The van der Waals surface area contributed by atoms with Crippen LogP contribution in [0.4, 0.5) is 0 Å². The molecule has 12 aliphatic rings. The van der Waals surface area contributed by atoms with Gasteiger partial charge in [0.05, 0.1) is 36.6 Å². The Morgan fingerprint density at radius 1 is 0.453 bits per heavy atom. The molecule has 0 N–H and O–H groups in total. The second-order valence-corrected chi connectivity index (χ2v) is 29.0. The molecule has 5 heterocycles. The minimum absolute atomic E-state index is 0.286. The summed E-state index contributed by atoms with van der Waals surface area (Å²) in [6.07, 6.45) is 25.2. The lowest BCUT2D eigenvalue weighted by Gasteiger charge is -2.79. The predicted octanol–water partition coefficient (Wildman–Crippen LogP) is 9.23. The van der Waals surface area contributed by atoms with E-state index >= 15 is 0 Å². The van der Waals surface area contributed by atoms with E-state index in [2.05, 4.69) is 51.3 Å². The van der Waals surface area contributed by atoms with Gasteiger partial charge in [-0.3, -0.25) is 9.80 Å². The van der Waals surface area contributed by atoms with E-state index in [9.17, 15) is 0 Å². The molecule has 7 heteroatoms. The fourth-order valence-electron chi connectivity index (χ4n) is 17.8. The number of fused-ring (bicyclic) bond motifs is 10. The number of hydrogen-bond donors (Lipinski definition) is 0. The highest BCUT2D eigenvalue weighted by atomic mass is 32.4. The molecule has 7 saturated carbocycles. The normalized spacial score (nSPS) is 59.7. The van der Waals surface area contributed by atoms with Crippen molar-refractivity contribution < 1.29 is 14.2 Å². The molecule has 0 spiro atoms. The smallest absolute Gasteiger partial charge is 0.0767 e. The standard InChI is InChI=1S/C46H73N2O3PS/c1-45(2,3)26-15-17-30-32(21-26)49-34-23-35-41-44-40(34)47(30)38-28-13-9-7-11-24(28)19-36-42(38)52(44,53)43-37(51-36)20-25-12-8-10-14-29(25)39(43)48(41)31-18-16-27(46(4,5)6)22-33(31)50-35/h24-44H,7-23H2,1-6H3. The van der Waals surface area contributed by atoms with Crippen LogP contribution in [-0.4, -0.2) is 99.7 Å². The van der Waals surface area contributed by atoms with Crippen LogP contribution in [0.2, 0.25) is 0 Å². The van der Waals surface area contributed by atoms with Gasteiger partial charge in [-0.05, 0) is 117 Å². The molecule has 0 aromatic carbocycles. The number of rotatable bonds is 0. The lowest BCUT2D eigenvalue weighted by molar-refractivity contribution is -0.278. The topological polar surface area (TPSA) is 34.2 Å². The number of nitrogens with zero attached hydrogens (tertiary/aromatic N) is 2. The van der Waals surface area contributed by atoms with Gasteiger partial charge >= 0.3 is 0 Å². The molecule has 7 aliphatic carbocycles. The van der Waals surface area contributed by atoms with Gasteiger partial charge in [-0.15, -0.1) is 0 Å². The molecule has 12 rings (SSSR count). The van der Waals surface area contributed by atoms with Crippen LogP contribution in [0.15, 0.2) is 0 Å². The van der Waals surface area contributed by atoms with Crippen molar-refractivity contribution in [3.8, 4) is 0 Å². The Balaban J connectivity index is 1.04. The van der Waals surface area contributed by atoms with Gasteiger partial charge in [-0.25, -0.2) is 0 Å². The summed E-state index contributed by atoms with van der Waals surface area (Å²) in [4.78, 5) is 6.67. The first-order chi connectivity index (χ1) is 25.4. The maximum Gasteiger partial charge on any atom is 0.0767 e. The highest BCUT2D eigenvalue weighted by Crippen LogP contribution is 2.80. The number of ether oxygens (including phenoxy) is 3. The molecule has 0 amide bonds. The minimum Gasteiger partial charge on any atom is -0.373 e. The first kappa shape index (κ1) is 35.4. The van der Waals surface area contributed by atoms with E-state index < -0.39 is 6.04 Å². The fraction of sp³-hybridized carbons (Fsp3) is 1.00. The third kappa shape index (κ3) is 4.82. The van der Waals surface area contributed by atoms with Crippen molar-refractivity contribution in [1.29, 1.82) is 0 Å². The van der Waals surface area contributed by atoms with Crippen molar-refractivity contribution in [1.82, 2.24) is 9.80 Å². The zero-order valence-corrected chi connectivity index (χ0v) is 35.8. The van der Waals surface area contributed by atoms with Gasteiger partial charge in [0, 0.05) is 59.6 Å². The summed E-state index contributed by atoms with van der Waals surface area (Å²) in [6.45, 7) is 15.0. The van der Waals surface area contributed by atoms with Crippen LogP contribution >= 0.6 is 6.04 Å². The highest BCUT2D eigenvalue weighted by Gasteiger charge is 2.78. The summed E-state index contributed by atoms with van der Waals surface area (Å²) in [5, 5.41) is 0. The molecule has 0 aromatic rings. The van der Waals surface area contributed by atoms with Crippen molar-refractivity contribution in [3.63, 3.8) is 0 Å². The first-order valence-electron chi connectivity index (χ1n) is 23.5. The average molecular weight is 765 g/mol. The van der Waals surface area contributed by atoms with Crippen LogP contribution in [0.3, 0.4) is 0 Å². The second-order valence-electron chi connectivity index (χ2n) is 23.7. The van der Waals surface area contributed by atoms with Gasteiger partial charge in [0.1, 0.15) is 0 Å². The van der Waals surface area contributed by atoms with E-state index in [-0.39, 0.29) is 12.2 Å². The Morgan fingerprint density at radius 3 is 1.34 bits per heavy atom. The van der Waals surface area contributed by atoms with Crippen LogP contribution < -0.4 is 0 Å². The molecule has 20 unspecified atom stereocenters. The summed E-state index contributed by atoms with van der Waals surface area (Å²) in [5.41, 5.74) is 2.46. The Kier molecular flexibility index (Phi) is 8.03. The predicted molar refractivity (Wildman–Crippen MR) is 216 cm³/mol. The molecule has 0 bridgehead atoms. The van der Waals surface area contributed by atoms with E-state index in [0.717, 1.165) is 41.9 Å². The number of hydrogen-bond acceptors (Lipinski definition) is 6. The van der Waals surface area contributed by atoms with Crippen LogP contribution in [-0.2, 0) is 26.0 Å². The monoisotopic (exact) mass is 765 g/mol.